The quantitative estimate of drug-likeness (QED) is 0.333. The van der Waals surface area contributed by atoms with Gasteiger partial charge in [-0.15, -0.1) is 0 Å². The molecule has 0 aliphatic carbocycles. The van der Waals surface area contributed by atoms with Crippen molar-refractivity contribution in [2.45, 2.75) is 6.92 Å². The second-order valence-electron chi connectivity index (χ2n) is 1.71. The molecule has 0 bridgehead atoms. The Morgan fingerprint density at radius 2 is 2.00 bits per heavy atom. The highest BCUT2D eigenvalue weighted by atomic mass is 15.1. The van der Waals surface area contributed by atoms with E-state index in [1.54, 1.807) is 12.4 Å². The van der Waals surface area contributed by atoms with Crippen molar-refractivity contribution in [2.75, 3.05) is 19.6 Å². The van der Waals surface area contributed by atoms with Crippen LogP contribution in [0.2, 0.25) is 0 Å². The van der Waals surface area contributed by atoms with Crippen molar-refractivity contribution in [1.82, 2.24) is 10.2 Å². The Balaban J connectivity index is 3.31. The second-order valence-corrected chi connectivity index (χ2v) is 1.71. The minimum atomic E-state index is 0.459. The molecule has 0 aromatic rings. The lowest BCUT2D eigenvalue weighted by Gasteiger charge is -2.03. The Morgan fingerprint density at radius 3 is 2.40 bits per heavy atom. The zero-order valence-corrected chi connectivity index (χ0v) is 5.96. The van der Waals surface area contributed by atoms with E-state index in [1.807, 2.05) is 6.92 Å². The van der Waals surface area contributed by atoms with Crippen molar-refractivity contribution in [2.24, 2.45) is 0 Å². The average molecular weight is 138 g/mol. The van der Waals surface area contributed by atoms with E-state index in [9.17, 15) is 0 Å². The van der Waals surface area contributed by atoms with E-state index in [0.717, 1.165) is 11.4 Å². The highest BCUT2D eigenvalue weighted by Crippen LogP contribution is 1.77. The zero-order chi connectivity index (χ0) is 7.82. The molecule has 0 saturated carbocycles. The second kappa shape index (κ2) is 5.87. The first-order chi connectivity index (χ1) is 4.85. The van der Waals surface area contributed by atoms with E-state index in [2.05, 4.69) is 5.32 Å². The van der Waals surface area contributed by atoms with Crippen LogP contribution in [0.25, 0.3) is 0 Å². The maximum atomic E-state index is 8.25. The molecule has 0 atom stereocenters. The van der Waals surface area contributed by atoms with E-state index < -0.39 is 0 Å². The number of nitrogens with zero attached hydrogens (tertiary/aromatic N) is 3. The van der Waals surface area contributed by atoms with Gasteiger partial charge in [-0.3, -0.25) is 0 Å². The van der Waals surface area contributed by atoms with Crippen LogP contribution in [-0.2, 0) is 0 Å². The normalized spacial score (nSPS) is 7.90. The van der Waals surface area contributed by atoms with E-state index in [0.29, 0.717) is 13.1 Å². The SMILES string of the molecule is CCNCCN(C#N)C#N. The van der Waals surface area contributed by atoms with Gasteiger partial charge in [0, 0.05) is 6.54 Å². The first-order valence-corrected chi connectivity index (χ1v) is 3.12. The maximum Gasteiger partial charge on any atom is 0.193 e. The molecule has 54 valence electrons. The van der Waals surface area contributed by atoms with Crippen LogP contribution in [-0.4, -0.2) is 24.5 Å². The lowest BCUT2D eigenvalue weighted by molar-refractivity contribution is 0.516. The molecule has 0 amide bonds. The Morgan fingerprint density at radius 1 is 1.40 bits per heavy atom. The van der Waals surface area contributed by atoms with Crippen molar-refractivity contribution < 1.29 is 0 Å². The first-order valence-electron chi connectivity index (χ1n) is 3.12. The van der Waals surface area contributed by atoms with Crippen LogP contribution in [0.1, 0.15) is 6.92 Å². The molecule has 0 aliphatic rings. The van der Waals surface area contributed by atoms with Crippen LogP contribution < -0.4 is 5.32 Å². The smallest absolute Gasteiger partial charge is 0.193 e. The summed E-state index contributed by atoms with van der Waals surface area (Å²) in [4.78, 5) is 1.03. The third kappa shape index (κ3) is 3.71. The lowest BCUT2D eigenvalue weighted by Crippen LogP contribution is -2.25. The molecule has 4 nitrogen and oxygen atoms in total. The maximum absolute atomic E-state index is 8.25. The molecule has 0 unspecified atom stereocenters. The fraction of sp³-hybridized carbons (Fsp3) is 0.667. The molecule has 0 spiro atoms. The first kappa shape index (κ1) is 8.74. The van der Waals surface area contributed by atoms with Gasteiger partial charge in [0.25, 0.3) is 0 Å². The third-order valence-electron chi connectivity index (χ3n) is 1.00. The van der Waals surface area contributed by atoms with Gasteiger partial charge in [0.2, 0.25) is 0 Å². The van der Waals surface area contributed by atoms with Gasteiger partial charge in [0.15, 0.2) is 12.4 Å². The molecule has 0 aliphatic heterocycles. The number of nitrogens with one attached hydrogen (secondary N) is 1. The molecule has 0 fully saturated rings. The van der Waals surface area contributed by atoms with Crippen LogP contribution >= 0.6 is 0 Å². The summed E-state index contributed by atoms with van der Waals surface area (Å²) in [5.74, 6) is 0. The fourth-order valence-electron chi connectivity index (χ4n) is 0.490. The molecule has 0 aromatic heterocycles. The summed E-state index contributed by atoms with van der Waals surface area (Å²) in [5.41, 5.74) is 0. The van der Waals surface area contributed by atoms with E-state index >= 15 is 0 Å². The van der Waals surface area contributed by atoms with Gasteiger partial charge in [-0.1, -0.05) is 6.92 Å². The fourth-order valence-corrected chi connectivity index (χ4v) is 0.490. The number of hydrogen-bond donors (Lipinski definition) is 1. The Hall–Kier alpha value is -1.26. The predicted molar refractivity (Wildman–Crippen MR) is 36.5 cm³/mol. The molecule has 0 aromatic carbocycles. The molecular weight excluding hydrogens is 128 g/mol. The zero-order valence-electron chi connectivity index (χ0n) is 5.96. The topological polar surface area (TPSA) is 62.9 Å². The lowest BCUT2D eigenvalue weighted by atomic mass is 10.5. The number of nitriles is 2. The summed E-state index contributed by atoms with van der Waals surface area (Å²) in [6.07, 6.45) is 3.49. The monoisotopic (exact) mass is 138 g/mol. The molecule has 0 radical (unpaired) electrons. The van der Waals surface area contributed by atoms with Gasteiger partial charge in [0.1, 0.15) is 0 Å². The van der Waals surface area contributed by atoms with Gasteiger partial charge >= 0.3 is 0 Å². The van der Waals surface area contributed by atoms with Crippen molar-refractivity contribution in [3.8, 4) is 12.4 Å². The van der Waals surface area contributed by atoms with Crippen molar-refractivity contribution in [3.63, 3.8) is 0 Å². The summed E-state index contributed by atoms with van der Waals surface area (Å²) in [6, 6.07) is 0. The van der Waals surface area contributed by atoms with Crippen molar-refractivity contribution in [3.05, 3.63) is 0 Å². The predicted octanol–water partition coefficient (Wildman–Crippen LogP) is -0.140. The number of rotatable bonds is 4. The summed E-state index contributed by atoms with van der Waals surface area (Å²) in [5, 5.41) is 19.5. The van der Waals surface area contributed by atoms with Crippen LogP contribution in [0, 0.1) is 22.9 Å². The largest absolute Gasteiger partial charge is 0.315 e. The van der Waals surface area contributed by atoms with E-state index in [-0.39, 0.29) is 0 Å². The van der Waals surface area contributed by atoms with E-state index in [4.69, 9.17) is 10.5 Å². The van der Waals surface area contributed by atoms with E-state index in [1.165, 1.54) is 0 Å². The van der Waals surface area contributed by atoms with Gasteiger partial charge in [-0.2, -0.15) is 10.5 Å². The minimum Gasteiger partial charge on any atom is -0.315 e. The molecule has 0 saturated heterocycles. The van der Waals surface area contributed by atoms with Crippen molar-refractivity contribution in [1.29, 1.82) is 10.5 Å². The van der Waals surface area contributed by atoms with Gasteiger partial charge in [-0.05, 0) is 6.54 Å². The Bertz CT molecular complexity index is 138. The Kier molecular flexibility index (Phi) is 5.13. The van der Waals surface area contributed by atoms with Crippen LogP contribution in [0.4, 0.5) is 0 Å². The summed E-state index contributed by atoms with van der Waals surface area (Å²) in [7, 11) is 0. The van der Waals surface area contributed by atoms with Crippen molar-refractivity contribution >= 4 is 0 Å². The van der Waals surface area contributed by atoms with Crippen LogP contribution in [0.5, 0.6) is 0 Å². The Labute approximate surface area is 60.7 Å². The van der Waals surface area contributed by atoms with Gasteiger partial charge in [-0.25, -0.2) is 4.90 Å². The molecule has 0 rings (SSSR count). The highest BCUT2D eigenvalue weighted by Gasteiger charge is 1.95. The average Bonchev–Trinajstić information content (AvgIpc) is 1.99. The van der Waals surface area contributed by atoms with Crippen LogP contribution in [0.3, 0.4) is 0 Å². The minimum absolute atomic E-state index is 0.459. The number of likely N-dealkylation sites (N-methyl/N-ethyl adjacent to an activating group) is 1. The summed E-state index contributed by atoms with van der Waals surface area (Å²) in [6.45, 7) is 3.98. The molecule has 1 N–H and O–H groups in total. The molecular formula is C6H10N4. The summed E-state index contributed by atoms with van der Waals surface area (Å²) < 4.78 is 0. The molecule has 4 heteroatoms. The third-order valence-corrected chi connectivity index (χ3v) is 1.00. The number of hydrogen-bond acceptors (Lipinski definition) is 4. The molecule has 0 heterocycles. The van der Waals surface area contributed by atoms with Crippen LogP contribution in [0.15, 0.2) is 0 Å². The standard InChI is InChI=1S/C6H10N4/c1-2-9-3-4-10(5-7)6-8/h9H,2-4H2,1H3. The van der Waals surface area contributed by atoms with Gasteiger partial charge < -0.3 is 5.32 Å². The summed E-state index contributed by atoms with van der Waals surface area (Å²) >= 11 is 0. The molecule has 10 heavy (non-hydrogen) atoms. The van der Waals surface area contributed by atoms with Gasteiger partial charge in [0.05, 0.1) is 6.54 Å². The highest BCUT2D eigenvalue weighted by molar-refractivity contribution is 4.85.